The van der Waals surface area contributed by atoms with Crippen LogP contribution in [0, 0.1) is 6.92 Å². The zero-order valence-corrected chi connectivity index (χ0v) is 17.5. The maximum Gasteiger partial charge on any atom is 0.273 e. The minimum absolute atomic E-state index is 0.0281. The van der Waals surface area contributed by atoms with E-state index in [4.69, 9.17) is 0 Å². The van der Waals surface area contributed by atoms with E-state index >= 15 is 0 Å². The maximum atomic E-state index is 14.1. The number of amides is 2. The highest BCUT2D eigenvalue weighted by Crippen LogP contribution is 2.31. The normalized spacial score (nSPS) is 17.8. The van der Waals surface area contributed by atoms with Crippen LogP contribution in [-0.4, -0.2) is 51.7 Å². The zero-order chi connectivity index (χ0) is 23.5. The molecular weight excluding hydrogens is 430 g/mol. The molecule has 1 aliphatic heterocycles. The fraction of sp³-hybridized carbons (Fsp3) is 0.429. The minimum atomic E-state index is -3.05. The van der Waals surface area contributed by atoms with Crippen molar-refractivity contribution in [1.29, 1.82) is 0 Å². The van der Waals surface area contributed by atoms with E-state index in [1.165, 1.54) is 25.3 Å². The summed E-state index contributed by atoms with van der Waals surface area (Å²) >= 11 is 0. The lowest BCUT2D eigenvalue weighted by atomic mass is 9.98. The third kappa shape index (κ3) is 5.71. The molecule has 0 aromatic carbocycles. The van der Waals surface area contributed by atoms with Crippen LogP contribution in [0.1, 0.15) is 47.8 Å². The van der Waals surface area contributed by atoms with E-state index in [1.807, 2.05) is 0 Å². The van der Waals surface area contributed by atoms with E-state index in [0.29, 0.717) is 5.56 Å². The quantitative estimate of drug-likeness (QED) is 0.649. The smallest absolute Gasteiger partial charge is 0.273 e. The average Bonchev–Trinajstić information content (AvgIpc) is 2.73. The van der Waals surface area contributed by atoms with E-state index < -0.39 is 30.8 Å². The van der Waals surface area contributed by atoms with Crippen LogP contribution >= 0.6 is 0 Å². The summed E-state index contributed by atoms with van der Waals surface area (Å²) in [7, 11) is 0. The Bertz CT molecular complexity index is 1000. The van der Waals surface area contributed by atoms with Gasteiger partial charge in [0.2, 0.25) is 5.91 Å². The molecule has 3 rings (SSSR count). The molecule has 1 fully saturated rings. The van der Waals surface area contributed by atoms with E-state index in [9.17, 15) is 27.2 Å². The van der Waals surface area contributed by atoms with E-state index in [1.54, 1.807) is 13.0 Å². The second kappa shape index (κ2) is 9.49. The van der Waals surface area contributed by atoms with Gasteiger partial charge in [0.25, 0.3) is 18.3 Å². The Morgan fingerprint density at radius 1 is 1.25 bits per heavy atom. The molecule has 172 valence electrons. The monoisotopic (exact) mass is 453 g/mol. The number of rotatable bonds is 6. The molecule has 3 heterocycles. The Kier molecular flexibility index (Phi) is 6.95. The highest BCUT2D eigenvalue weighted by Gasteiger charge is 2.42. The average molecular weight is 453 g/mol. The summed E-state index contributed by atoms with van der Waals surface area (Å²) in [5, 5.41) is 5.33. The van der Waals surface area contributed by atoms with Gasteiger partial charge in [0, 0.05) is 37.7 Å². The summed E-state index contributed by atoms with van der Waals surface area (Å²) < 4.78 is 54.0. The maximum absolute atomic E-state index is 14.1. The molecule has 11 heteroatoms. The van der Waals surface area contributed by atoms with Crippen molar-refractivity contribution < 1.29 is 27.2 Å². The van der Waals surface area contributed by atoms with Gasteiger partial charge in [-0.2, -0.15) is 0 Å². The number of aryl methyl sites for hydroxylation is 1. The number of aromatic nitrogens is 2. The number of hydrogen-bond donors (Lipinski definition) is 2. The molecule has 0 radical (unpaired) electrons. The van der Waals surface area contributed by atoms with Gasteiger partial charge in [-0.05, 0) is 37.1 Å². The second-order valence-corrected chi connectivity index (χ2v) is 7.68. The van der Waals surface area contributed by atoms with Gasteiger partial charge < -0.3 is 15.5 Å². The lowest BCUT2D eigenvalue weighted by Gasteiger charge is -2.39. The number of halogens is 4. The summed E-state index contributed by atoms with van der Waals surface area (Å²) in [5.41, 5.74) is 0.176. The molecule has 2 amide bonds. The molecule has 1 aliphatic rings. The molecule has 1 saturated heterocycles. The summed E-state index contributed by atoms with van der Waals surface area (Å²) in [6.45, 7) is 2.19. The third-order valence-electron chi connectivity index (χ3n) is 5.12. The van der Waals surface area contributed by atoms with Crippen LogP contribution in [-0.2, 0) is 4.79 Å². The van der Waals surface area contributed by atoms with Gasteiger partial charge in [-0.1, -0.05) is 6.07 Å². The topological polar surface area (TPSA) is 87.2 Å². The van der Waals surface area contributed by atoms with Crippen LogP contribution < -0.4 is 10.6 Å². The minimum Gasteiger partial charge on any atom is -0.354 e. The molecule has 7 nitrogen and oxygen atoms in total. The molecule has 0 spiro atoms. The van der Waals surface area contributed by atoms with Crippen LogP contribution in [0.15, 0.2) is 30.5 Å². The van der Waals surface area contributed by atoms with Crippen LogP contribution in [0.2, 0.25) is 0 Å². The van der Waals surface area contributed by atoms with Gasteiger partial charge in [0.1, 0.15) is 17.3 Å². The predicted molar refractivity (Wildman–Crippen MR) is 109 cm³/mol. The summed E-state index contributed by atoms with van der Waals surface area (Å²) in [6, 6.07) is 4.84. The molecule has 2 N–H and O–H groups in total. The van der Waals surface area contributed by atoms with Crippen LogP contribution in [0.4, 0.5) is 29.2 Å². The largest absolute Gasteiger partial charge is 0.354 e. The van der Waals surface area contributed by atoms with Crippen molar-refractivity contribution in [2.45, 2.75) is 45.1 Å². The molecule has 32 heavy (non-hydrogen) atoms. The Labute approximate surface area is 182 Å². The summed E-state index contributed by atoms with van der Waals surface area (Å²) in [4.78, 5) is 33.7. The Morgan fingerprint density at radius 3 is 2.69 bits per heavy atom. The number of carbonyl (C=O) groups is 2. The number of piperidine rings is 1. The predicted octanol–water partition coefficient (Wildman–Crippen LogP) is 3.84. The Balaban J connectivity index is 1.86. The van der Waals surface area contributed by atoms with E-state index in [2.05, 4.69) is 20.6 Å². The first-order valence-corrected chi connectivity index (χ1v) is 9.98. The van der Waals surface area contributed by atoms with Crippen LogP contribution in [0.3, 0.4) is 0 Å². The zero-order valence-electron chi connectivity index (χ0n) is 17.5. The first-order chi connectivity index (χ1) is 15.1. The molecule has 0 bridgehead atoms. The van der Waals surface area contributed by atoms with Crippen LogP contribution in [0.25, 0.3) is 0 Å². The Hall–Kier alpha value is -3.24. The fourth-order valence-electron chi connectivity index (χ4n) is 3.44. The number of carbonyl (C=O) groups excluding carboxylic acids is 2. The molecule has 2 aromatic heterocycles. The number of nitrogens with zero attached hydrogens (tertiary/aromatic N) is 3. The van der Waals surface area contributed by atoms with Crippen molar-refractivity contribution in [3.05, 3.63) is 47.3 Å². The van der Waals surface area contributed by atoms with Gasteiger partial charge in [0.15, 0.2) is 0 Å². The van der Waals surface area contributed by atoms with Crippen molar-refractivity contribution >= 4 is 23.5 Å². The summed E-state index contributed by atoms with van der Waals surface area (Å²) in [6.07, 6.45) is -1.82. The van der Waals surface area contributed by atoms with Crippen molar-refractivity contribution in [3.8, 4) is 0 Å². The molecule has 1 unspecified atom stereocenters. The van der Waals surface area contributed by atoms with Crippen molar-refractivity contribution in [3.63, 3.8) is 0 Å². The molecule has 2 aromatic rings. The number of anilines is 2. The first kappa shape index (κ1) is 23.4. The van der Waals surface area contributed by atoms with E-state index in [-0.39, 0.29) is 48.2 Å². The third-order valence-corrected chi connectivity index (χ3v) is 5.12. The van der Waals surface area contributed by atoms with Gasteiger partial charge in [-0.25, -0.2) is 27.5 Å². The van der Waals surface area contributed by atoms with E-state index in [0.717, 1.165) is 11.0 Å². The van der Waals surface area contributed by atoms with Gasteiger partial charge >= 0.3 is 0 Å². The van der Waals surface area contributed by atoms with Gasteiger partial charge in [-0.3, -0.25) is 9.59 Å². The Morgan fingerprint density at radius 2 is 2.00 bits per heavy atom. The fourth-order valence-corrected chi connectivity index (χ4v) is 3.44. The van der Waals surface area contributed by atoms with Crippen LogP contribution in [0.5, 0.6) is 0 Å². The highest BCUT2D eigenvalue weighted by molar-refractivity contribution is 5.94. The standard InChI is InChI=1S/C21H23F4N5O2/c1-12-3-4-16(28-17-9-14(19(22)23)6-8-26-17)29-18(12)20(32)30-11-21(24,25)7-5-15(30)10-27-13(2)31/h3-4,6,8-9,15,19H,5,7,10-11H2,1-2H3,(H,27,31)(H,26,28,29). The van der Waals surface area contributed by atoms with Crippen molar-refractivity contribution in [2.24, 2.45) is 0 Å². The lowest BCUT2D eigenvalue weighted by Crippen LogP contribution is -2.55. The SMILES string of the molecule is CC(=O)NCC1CCC(F)(F)CN1C(=O)c1nc(Nc2cc(C(F)F)ccn2)ccc1C. The number of likely N-dealkylation sites (tertiary alicyclic amines) is 1. The number of nitrogens with one attached hydrogen (secondary N) is 2. The number of hydrogen-bond acceptors (Lipinski definition) is 5. The second-order valence-electron chi connectivity index (χ2n) is 7.68. The molecule has 0 saturated carbocycles. The highest BCUT2D eigenvalue weighted by atomic mass is 19.3. The lowest BCUT2D eigenvalue weighted by molar-refractivity contribution is -0.119. The summed E-state index contributed by atoms with van der Waals surface area (Å²) in [5.74, 6) is -3.82. The number of pyridine rings is 2. The first-order valence-electron chi connectivity index (χ1n) is 9.98. The van der Waals surface area contributed by atoms with Crippen molar-refractivity contribution in [2.75, 3.05) is 18.4 Å². The van der Waals surface area contributed by atoms with Crippen molar-refractivity contribution in [1.82, 2.24) is 20.2 Å². The molecule has 1 atom stereocenters. The molecular formula is C21H23F4N5O2. The van der Waals surface area contributed by atoms with Gasteiger partial charge in [-0.15, -0.1) is 0 Å². The molecule has 0 aliphatic carbocycles. The number of alkyl halides is 4. The van der Waals surface area contributed by atoms with Gasteiger partial charge in [0.05, 0.1) is 6.54 Å².